The van der Waals surface area contributed by atoms with Gasteiger partial charge >= 0.3 is 11.9 Å². The Morgan fingerprint density at radius 1 is 0.778 bits per heavy atom. The molecule has 0 aliphatic heterocycles. The van der Waals surface area contributed by atoms with Gasteiger partial charge in [0.15, 0.2) is 0 Å². The monoisotopic (exact) mass is 491 g/mol. The summed E-state index contributed by atoms with van der Waals surface area (Å²) in [6.07, 6.45) is 18.3. The summed E-state index contributed by atoms with van der Waals surface area (Å²) in [5.41, 5.74) is 2.58. The molecule has 1 radical (unpaired) electrons. The maximum atomic E-state index is 12.2. The van der Waals surface area contributed by atoms with E-state index in [9.17, 15) is 9.59 Å². The summed E-state index contributed by atoms with van der Waals surface area (Å²) in [4.78, 5) is 24.4. The summed E-state index contributed by atoms with van der Waals surface area (Å²) in [5.74, 6) is -0.210. The molecule has 0 bridgehead atoms. The van der Waals surface area contributed by atoms with Crippen molar-refractivity contribution in [1.82, 2.24) is 0 Å². The molecule has 0 saturated carbocycles. The molecule has 0 aliphatic carbocycles. The van der Waals surface area contributed by atoms with Gasteiger partial charge in [0.2, 0.25) is 0 Å². The fraction of sp³-hybridized carbons (Fsp3) is 0.469. The topological polar surface area (TPSA) is 52.6 Å². The van der Waals surface area contributed by atoms with Crippen LogP contribution in [0, 0.1) is 6.92 Å². The summed E-state index contributed by atoms with van der Waals surface area (Å²) >= 11 is 0. The lowest BCUT2D eigenvalue weighted by molar-refractivity contribution is -0.128. The van der Waals surface area contributed by atoms with Crippen molar-refractivity contribution in [3.05, 3.63) is 78.2 Å². The zero-order valence-electron chi connectivity index (χ0n) is 22.0. The van der Waals surface area contributed by atoms with Crippen LogP contribution in [0.5, 0.6) is 5.75 Å². The molecule has 2 aromatic rings. The number of rotatable bonds is 18. The number of carbonyl (C=O) groups is 2. The zero-order valence-corrected chi connectivity index (χ0v) is 22.0. The molecule has 0 amide bonds. The first-order chi connectivity index (χ1) is 17.6. The average Bonchev–Trinajstić information content (AvgIpc) is 2.90. The summed E-state index contributed by atoms with van der Waals surface area (Å²) in [5, 5.41) is 0. The second-order valence-corrected chi connectivity index (χ2v) is 9.30. The predicted octanol–water partition coefficient (Wildman–Crippen LogP) is 8.54. The number of unbranched alkanes of at least 4 members (excludes halogenated alkanes) is 10. The van der Waals surface area contributed by atoms with Crippen molar-refractivity contribution in [2.75, 3.05) is 6.61 Å². The molecule has 0 heterocycles. The Bertz CT molecular complexity index is 897. The van der Waals surface area contributed by atoms with E-state index in [-0.39, 0.29) is 5.97 Å². The van der Waals surface area contributed by atoms with Gasteiger partial charge in [-0.2, -0.15) is 0 Å². The molecule has 2 rings (SSSR count). The van der Waals surface area contributed by atoms with E-state index in [1.54, 1.807) is 30.3 Å². The minimum Gasteiger partial charge on any atom is -0.462 e. The predicted molar refractivity (Wildman–Crippen MR) is 148 cm³/mol. The molecular formula is C32H43O4. The Labute approximate surface area is 218 Å². The molecule has 195 valence electrons. The van der Waals surface area contributed by atoms with Crippen LogP contribution in [0.25, 0.3) is 6.08 Å². The maximum absolute atomic E-state index is 12.2. The molecule has 2 aromatic carbocycles. The highest BCUT2D eigenvalue weighted by Crippen LogP contribution is 2.15. The van der Waals surface area contributed by atoms with Gasteiger partial charge in [-0.05, 0) is 60.7 Å². The Morgan fingerprint density at radius 2 is 1.42 bits per heavy atom. The van der Waals surface area contributed by atoms with Gasteiger partial charge in [-0.3, -0.25) is 0 Å². The standard InChI is InChI=1S/C32H43O4/c1-3-5-7-8-9-10-11-12-14-26-35-32(34)29-21-16-28(17-22-29)20-25-31(33)36-30-23-18-27(19-24-30)15-13-6-4-2/h16-25H,1,3-15,26H2,2H3/b25-20+. The second kappa shape index (κ2) is 18.4. The average molecular weight is 492 g/mol. The molecular weight excluding hydrogens is 448 g/mol. The van der Waals surface area contributed by atoms with E-state index in [1.165, 1.54) is 69.4 Å². The first-order valence-corrected chi connectivity index (χ1v) is 13.7. The molecule has 0 saturated heterocycles. The summed E-state index contributed by atoms with van der Waals surface area (Å²) in [6.45, 7) is 6.51. The quantitative estimate of drug-likeness (QED) is 0.0907. The van der Waals surface area contributed by atoms with Gasteiger partial charge in [0.25, 0.3) is 0 Å². The van der Waals surface area contributed by atoms with Crippen molar-refractivity contribution in [1.29, 1.82) is 0 Å². The number of hydrogen-bond donors (Lipinski definition) is 0. The van der Waals surface area contributed by atoms with Crippen molar-refractivity contribution in [2.45, 2.75) is 90.4 Å². The van der Waals surface area contributed by atoms with Crippen LogP contribution in [-0.4, -0.2) is 18.5 Å². The van der Waals surface area contributed by atoms with Crippen LogP contribution >= 0.6 is 0 Å². The van der Waals surface area contributed by atoms with Crippen LogP contribution in [-0.2, 0) is 16.0 Å². The largest absolute Gasteiger partial charge is 0.462 e. The maximum Gasteiger partial charge on any atom is 0.338 e. The molecule has 0 aliphatic rings. The van der Waals surface area contributed by atoms with Crippen molar-refractivity contribution in [2.24, 2.45) is 0 Å². The van der Waals surface area contributed by atoms with Crippen LogP contribution in [0.15, 0.2) is 54.6 Å². The van der Waals surface area contributed by atoms with Gasteiger partial charge in [0.05, 0.1) is 12.2 Å². The third kappa shape index (κ3) is 12.7. The van der Waals surface area contributed by atoms with E-state index in [1.807, 2.05) is 24.3 Å². The number of carbonyl (C=O) groups excluding carboxylic acids is 2. The van der Waals surface area contributed by atoms with Crippen molar-refractivity contribution in [3.63, 3.8) is 0 Å². The van der Waals surface area contributed by atoms with Crippen LogP contribution < -0.4 is 4.74 Å². The van der Waals surface area contributed by atoms with Gasteiger partial charge in [-0.15, -0.1) is 0 Å². The third-order valence-corrected chi connectivity index (χ3v) is 6.15. The van der Waals surface area contributed by atoms with Gasteiger partial charge in [-0.1, -0.05) is 102 Å². The second-order valence-electron chi connectivity index (χ2n) is 9.30. The summed E-state index contributed by atoms with van der Waals surface area (Å²) in [6, 6.07) is 14.7. The smallest absolute Gasteiger partial charge is 0.338 e. The van der Waals surface area contributed by atoms with Gasteiger partial charge in [0, 0.05) is 6.08 Å². The van der Waals surface area contributed by atoms with Crippen molar-refractivity contribution < 1.29 is 19.1 Å². The molecule has 36 heavy (non-hydrogen) atoms. The molecule has 0 atom stereocenters. The molecule has 4 nitrogen and oxygen atoms in total. The number of hydrogen-bond acceptors (Lipinski definition) is 4. The normalized spacial score (nSPS) is 11.1. The minimum absolute atomic E-state index is 0.309. The first kappa shape index (κ1) is 29.4. The summed E-state index contributed by atoms with van der Waals surface area (Å²) < 4.78 is 10.8. The highest BCUT2D eigenvalue weighted by atomic mass is 16.5. The molecule has 0 aromatic heterocycles. The van der Waals surface area contributed by atoms with E-state index in [2.05, 4.69) is 13.8 Å². The van der Waals surface area contributed by atoms with E-state index in [4.69, 9.17) is 9.47 Å². The molecule has 0 N–H and O–H groups in total. The molecule has 0 spiro atoms. The first-order valence-electron chi connectivity index (χ1n) is 13.7. The van der Waals surface area contributed by atoms with Crippen LogP contribution in [0.4, 0.5) is 0 Å². The van der Waals surface area contributed by atoms with E-state index < -0.39 is 5.97 Å². The van der Waals surface area contributed by atoms with Crippen LogP contribution in [0.2, 0.25) is 0 Å². The van der Waals surface area contributed by atoms with Crippen molar-refractivity contribution in [3.8, 4) is 5.75 Å². The molecule has 0 fully saturated rings. The number of benzene rings is 2. The van der Waals surface area contributed by atoms with Crippen LogP contribution in [0.3, 0.4) is 0 Å². The van der Waals surface area contributed by atoms with Gasteiger partial charge < -0.3 is 9.47 Å². The third-order valence-electron chi connectivity index (χ3n) is 6.15. The fourth-order valence-corrected chi connectivity index (χ4v) is 3.94. The zero-order chi connectivity index (χ0) is 25.8. The number of aryl methyl sites for hydroxylation is 1. The Balaban J connectivity index is 1.65. The lowest BCUT2D eigenvalue weighted by atomic mass is 10.1. The highest BCUT2D eigenvalue weighted by Gasteiger charge is 2.07. The lowest BCUT2D eigenvalue weighted by Crippen LogP contribution is -2.06. The van der Waals surface area contributed by atoms with Gasteiger partial charge in [0.1, 0.15) is 5.75 Å². The SMILES string of the molecule is [CH2]CCCCCCCCCCOC(=O)c1ccc(/C=C/C(=O)Oc2ccc(CCCCC)cc2)cc1. The Hall–Kier alpha value is -2.88. The number of esters is 2. The minimum atomic E-state index is -0.435. The van der Waals surface area contributed by atoms with Crippen LogP contribution in [0.1, 0.15) is 105 Å². The van der Waals surface area contributed by atoms with Gasteiger partial charge in [-0.25, -0.2) is 9.59 Å². The van der Waals surface area contributed by atoms with E-state index in [0.29, 0.717) is 17.9 Å². The van der Waals surface area contributed by atoms with E-state index >= 15 is 0 Å². The highest BCUT2D eigenvalue weighted by molar-refractivity contribution is 5.91. The fourth-order valence-electron chi connectivity index (χ4n) is 3.94. The Morgan fingerprint density at radius 3 is 2.06 bits per heavy atom. The van der Waals surface area contributed by atoms with E-state index in [0.717, 1.165) is 31.2 Å². The molecule has 0 unspecified atom stereocenters. The number of ether oxygens (including phenoxy) is 2. The molecule has 4 heteroatoms. The Kier molecular flexibility index (Phi) is 15.0. The lowest BCUT2D eigenvalue weighted by Gasteiger charge is -2.06. The summed E-state index contributed by atoms with van der Waals surface area (Å²) in [7, 11) is 0. The van der Waals surface area contributed by atoms with Crippen molar-refractivity contribution >= 4 is 18.0 Å².